The van der Waals surface area contributed by atoms with Gasteiger partial charge in [0.1, 0.15) is 0 Å². The molecule has 13 heavy (non-hydrogen) atoms. The van der Waals surface area contributed by atoms with E-state index in [2.05, 4.69) is 18.7 Å². The highest BCUT2D eigenvalue weighted by Gasteiger charge is 2.25. The highest BCUT2D eigenvalue weighted by atomic mass is 16.4. The summed E-state index contributed by atoms with van der Waals surface area (Å²) in [5, 5.41) is 8.80. The lowest BCUT2D eigenvalue weighted by Gasteiger charge is -2.34. The zero-order chi connectivity index (χ0) is 9.84. The Kier molecular flexibility index (Phi) is 3.72. The Morgan fingerprint density at radius 3 is 2.46 bits per heavy atom. The molecule has 0 saturated carbocycles. The van der Waals surface area contributed by atoms with E-state index >= 15 is 0 Å². The molecule has 0 amide bonds. The Balaban J connectivity index is 2.34. The van der Waals surface area contributed by atoms with Crippen molar-refractivity contribution in [2.24, 2.45) is 5.92 Å². The van der Waals surface area contributed by atoms with E-state index in [0.717, 1.165) is 32.4 Å². The van der Waals surface area contributed by atoms with Gasteiger partial charge in [0.2, 0.25) is 0 Å². The van der Waals surface area contributed by atoms with Crippen LogP contribution in [-0.2, 0) is 4.79 Å². The summed E-state index contributed by atoms with van der Waals surface area (Å²) < 4.78 is 0. The summed E-state index contributed by atoms with van der Waals surface area (Å²) >= 11 is 0. The molecule has 1 rings (SSSR count). The molecular weight excluding hydrogens is 166 g/mol. The molecule has 0 bridgehead atoms. The van der Waals surface area contributed by atoms with Gasteiger partial charge in [-0.1, -0.05) is 6.92 Å². The first-order chi connectivity index (χ1) is 6.15. The van der Waals surface area contributed by atoms with Crippen LogP contribution in [0.2, 0.25) is 0 Å². The fourth-order valence-corrected chi connectivity index (χ4v) is 1.85. The molecule has 76 valence electrons. The van der Waals surface area contributed by atoms with E-state index in [1.807, 2.05) is 0 Å². The Labute approximate surface area is 79.7 Å². The van der Waals surface area contributed by atoms with Gasteiger partial charge in [-0.15, -0.1) is 0 Å². The molecule has 0 radical (unpaired) electrons. The molecule has 1 aliphatic heterocycles. The van der Waals surface area contributed by atoms with E-state index < -0.39 is 5.97 Å². The van der Waals surface area contributed by atoms with Crippen molar-refractivity contribution in [2.45, 2.75) is 39.2 Å². The molecule has 1 fully saturated rings. The molecule has 3 heteroatoms. The van der Waals surface area contributed by atoms with Crippen LogP contribution in [0.3, 0.4) is 0 Å². The maximum absolute atomic E-state index is 10.7. The summed E-state index contributed by atoms with van der Waals surface area (Å²) in [5.74, 6) is -0.718. The molecule has 1 N–H and O–H groups in total. The smallest absolute Gasteiger partial charge is 0.306 e. The van der Waals surface area contributed by atoms with E-state index in [1.54, 1.807) is 0 Å². The van der Waals surface area contributed by atoms with Crippen molar-refractivity contribution < 1.29 is 9.90 Å². The molecule has 1 unspecified atom stereocenters. The molecule has 0 aromatic heterocycles. The van der Waals surface area contributed by atoms with Gasteiger partial charge in [0.05, 0.1) is 5.92 Å². The van der Waals surface area contributed by atoms with Crippen molar-refractivity contribution in [3.05, 3.63) is 0 Å². The number of hydrogen-bond acceptors (Lipinski definition) is 2. The van der Waals surface area contributed by atoms with Crippen molar-refractivity contribution in [2.75, 3.05) is 13.1 Å². The van der Waals surface area contributed by atoms with Gasteiger partial charge in [-0.05, 0) is 39.3 Å². The monoisotopic (exact) mass is 185 g/mol. The van der Waals surface area contributed by atoms with Crippen molar-refractivity contribution in [3.8, 4) is 0 Å². The van der Waals surface area contributed by atoms with Crippen molar-refractivity contribution >= 4 is 5.97 Å². The first kappa shape index (κ1) is 10.5. The minimum Gasteiger partial charge on any atom is -0.481 e. The molecule has 3 nitrogen and oxygen atoms in total. The Morgan fingerprint density at radius 1 is 1.54 bits per heavy atom. The second kappa shape index (κ2) is 4.61. The molecular formula is C10H19NO2. The van der Waals surface area contributed by atoms with Crippen LogP contribution in [0.1, 0.15) is 33.1 Å². The maximum atomic E-state index is 10.7. The van der Waals surface area contributed by atoms with Crippen molar-refractivity contribution in [1.82, 2.24) is 4.90 Å². The predicted octanol–water partition coefficient (Wildman–Crippen LogP) is 1.58. The molecule has 0 aliphatic carbocycles. The highest BCUT2D eigenvalue weighted by molar-refractivity contribution is 5.70. The lowest BCUT2D eigenvalue weighted by Crippen LogP contribution is -2.41. The van der Waals surface area contributed by atoms with E-state index in [0.29, 0.717) is 6.04 Å². The number of hydrogen-bond donors (Lipinski definition) is 1. The number of nitrogens with zero attached hydrogens (tertiary/aromatic N) is 1. The molecule has 1 heterocycles. The summed E-state index contributed by atoms with van der Waals surface area (Å²) in [6.45, 7) is 6.28. The second-order valence-corrected chi connectivity index (χ2v) is 3.91. The number of carbonyl (C=O) groups is 1. The average Bonchev–Trinajstić information content (AvgIpc) is 2.17. The predicted molar refractivity (Wildman–Crippen MR) is 51.7 cm³/mol. The van der Waals surface area contributed by atoms with Crippen LogP contribution >= 0.6 is 0 Å². The topological polar surface area (TPSA) is 40.5 Å². The molecule has 0 spiro atoms. The number of likely N-dealkylation sites (tertiary alicyclic amines) is 1. The third kappa shape index (κ3) is 2.69. The fraction of sp³-hybridized carbons (Fsp3) is 0.900. The number of carboxylic acid groups (broad SMARTS) is 1. The fourth-order valence-electron chi connectivity index (χ4n) is 1.85. The van der Waals surface area contributed by atoms with Gasteiger partial charge in [-0.2, -0.15) is 0 Å². The molecule has 0 aromatic rings. The zero-order valence-corrected chi connectivity index (χ0v) is 8.49. The SMILES string of the molecule is CCC(C)N1CCC(C(=O)O)CC1. The maximum Gasteiger partial charge on any atom is 0.306 e. The number of carboxylic acids is 1. The summed E-state index contributed by atoms with van der Waals surface area (Å²) in [6.07, 6.45) is 2.79. The quantitative estimate of drug-likeness (QED) is 0.725. The van der Waals surface area contributed by atoms with E-state index in [1.165, 1.54) is 0 Å². The molecule has 1 atom stereocenters. The number of rotatable bonds is 3. The summed E-state index contributed by atoms with van der Waals surface area (Å²) in [6, 6.07) is 0.606. The lowest BCUT2D eigenvalue weighted by atomic mass is 9.96. The Bertz CT molecular complexity index is 174. The van der Waals surface area contributed by atoms with Gasteiger partial charge >= 0.3 is 5.97 Å². The second-order valence-electron chi connectivity index (χ2n) is 3.91. The standard InChI is InChI=1S/C10H19NO2/c1-3-8(2)11-6-4-9(5-7-11)10(12)13/h8-9H,3-7H2,1-2H3,(H,12,13). The first-order valence-electron chi connectivity index (χ1n) is 5.12. The molecule has 1 saturated heterocycles. The molecule has 1 aliphatic rings. The van der Waals surface area contributed by atoms with Gasteiger partial charge in [0, 0.05) is 6.04 Å². The van der Waals surface area contributed by atoms with Gasteiger partial charge in [0.15, 0.2) is 0 Å². The highest BCUT2D eigenvalue weighted by Crippen LogP contribution is 2.19. The third-order valence-corrected chi connectivity index (χ3v) is 3.09. The number of aliphatic carboxylic acids is 1. The van der Waals surface area contributed by atoms with E-state index in [4.69, 9.17) is 5.11 Å². The van der Waals surface area contributed by atoms with Gasteiger partial charge in [-0.3, -0.25) is 4.79 Å². The molecule has 0 aromatic carbocycles. The van der Waals surface area contributed by atoms with Crippen LogP contribution in [0.4, 0.5) is 0 Å². The lowest BCUT2D eigenvalue weighted by molar-refractivity contribution is -0.143. The van der Waals surface area contributed by atoms with Crippen LogP contribution in [0.5, 0.6) is 0 Å². The minimum absolute atomic E-state index is 0.0969. The van der Waals surface area contributed by atoms with E-state index in [9.17, 15) is 4.79 Å². The largest absolute Gasteiger partial charge is 0.481 e. The normalized spacial score (nSPS) is 22.9. The van der Waals surface area contributed by atoms with Gasteiger partial charge < -0.3 is 10.0 Å². The Hall–Kier alpha value is -0.570. The average molecular weight is 185 g/mol. The van der Waals surface area contributed by atoms with Crippen molar-refractivity contribution in [3.63, 3.8) is 0 Å². The third-order valence-electron chi connectivity index (χ3n) is 3.09. The first-order valence-corrected chi connectivity index (χ1v) is 5.12. The zero-order valence-electron chi connectivity index (χ0n) is 8.49. The van der Waals surface area contributed by atoms with Gasteiger partial charge in [-0.25, -0.2) is 0 Å². The van der Waals surface area contributed by atoms with Crippen LogP contribution < -0.4 is 0 Å². The van der Waals surface area contributed by atoms with Crippen LogP contribution in [0, 0.1) is 5.92 Å². The van der Waals surface area contributed by atoms with Crippen LogP contribution in [0.15, 0.2) is 0 Å². The number of piperidine rings is 1. The van der Waals surface area contributed by atoms with E-state index in [-0.39, 0.29) is 5.92 Å². The van der Waals surface area contributed by atoms with Crippen LogP contribution in [-0.4, -0.2) is 35.1 Å². The van der Waals surface area contributed by atoms with Crippen molar-refractivity contribution in [1.29, 1.82) is 0 Å². The minimum atomic E-state index is -0.621. The summed E-state index contributed by atoms with van der Waals surface area (Å²) in [7, 11) is 0. The Morgan fingerprint density at radius 2 is 2.08 bits per heavy atom. The van der Waals surface area contributed by atoms with Crippen LogP contribution in [0.25, 0.3) is 0 Å². The summed E-state index contributed by atoms with van der Waals surface area (Å²) in [4.78, 5) is 13.1. The summed E-state index contributed by atoms with van der Waals surface area (Å²) in [5.41, 5.74) is 0. The van der Waals surface area contributed by atoms with Gasteiger partial charge in [0.25, 0.3) is 0 Å².